The number of nitrogens with zero attached hydrogens (tertiary/aromatic N) is 4. The number of non-ortho nitro benzene ring substituents is 4. The van der Waals surface area contributed by atoms with Gasteiger partial charge in [-0.2, -0.15) is 0 Å². The van der Waals surface area contributed by atoms with E-state index >= 15 is 0 Å². The van der Waals surface area contributed by atoms with Crippen molar-refractivity contribution in [2.75, 3.05) is 0 Å². The van der Waals surface area contributed by atoms with Gasteiger partial charge in [-0.3, -0.25) is 40.5 Å². The fourth-order valence-electron chi connectivity index (χ4n) is 9.66. The third-order valence-corrected chi connectivity index (χ3v) is 10.7. The fourth-order valence-corrected chi connectivity index (χ4v) is 9.66. The lowest BCUT2D eigenvalue weighted by molar-refractivity contribution is -0.385. The molecule has 0 aromatic heterocycles. The van der Waals surface area contributed by atoms with Crippen LogP contribution in [0.1, 0.15) is 60.8 Å². The van der Waals surface area contributed by atoms with Crippen molar-refractivity contribution >= 4 is 22.7 Å². The molecular formula is C34H28N4O8. The first-order chi connectivity index (χ1) is 21.9. The van der Waals surface area contributed by atoms with Crippen LogP contribution in [-0.2, 0) is 21.7 Å². The van der Waals surface area contributed by atoms with Gasteiger partial charge in [0.25, 0.3) is 22.7 Å². The van der Waals surface area contributed by atoms with Gasteiger partial charge < -0.3 is 0 Å². The standard InChI is InChI=1S/C34H28N4O8/c39-35(40)27-9-1-5-23(13-27)31-17-32(24-6-2-10-28(14-24)36(41)42)20-33(18-31,25-7-3-11-29(15-25)37(43)44)22-34(19-31,21-32)26-8-4-12-30(16-26)38(45)46/h1-16H,17-22H2. The Morgan fingerprint density at radius 1 is 0.370 bits per heavy atom. The molecule has 0 saturated heterocycles. The summed E-state index contributed by atoms with van der Waals surface area (Å²) in [5.41, 5.74) is -0.0284. The monoisotopic (exact) mass is 620 g/mol. The van der Waals surface area contributed by atoms with Crippen molar-refractivity contribution < 1.29 is 19.7 Å². The normalized spacial score (nSPS) is 27.7. The zero-order valence-electron chi connectivity index (χ0n) is 24.5. The summed E-state index contributed by atoms with van der Waals surface area (Å²) in [6.45, 7) is 0. The molecule has 46 heavy (non-hydrogen) atoms. The molecule has 0 aliphatic heterocycles. The molecule has 4 aromatic rings. The lowest BCUT2D eigenvalue weighted by Gasteiger charge is -2.71. The Morgan fingerprint density at radius 3 is 0.739 bits per heavy atom. The van der Waals surface area contributed by atoms with Crippen LogP contribution in [0.25, 0.3) is 0 Å². The van der Waals surface area contributed by atoms with Crippen LogP contribution < -0.4 is 0 Å². The third kappa shape index (κ3) is 4.43. The highest BCUT2D eigenvalue weighted by Gasteiger charge is 2.69. The van der Waals surface area contributed by atoms with Gasteiger partial charge in [-0.25, -0.2) is 0 Å². The highest BCUT2D eigenvalue weighted by atomic mass is 16.6. The summed E-state index contributed by atoms with van der Waals surface area (Å²) in [6.07, 6.45) is 3.22. The molecule has 0 unspecified atom stereocenters. The van der Waals surface area contributed by atoms with Crippen LogP contribution in [0, 0.1) is 40.5 Å². The van der Waals surface area contributed by atoms with Gasteiger partial charge in [0.2, 0.25) is 0 Å². The van der Waals surface area contributed by atoms with Gasteiger partial charge >= 0.3 is 0 Å². The number of hydrogen-bond donors (Lipinski definition) is 0. The van der Waals surface area contributed by atoms with Crippen LogP contribution in [0.2, 0.25) is 0 Å². The van der Waals surface area contributed by atoms with E-state index in [9.17, 15) is 40.5 Å². The number of hydrogen-bond acceptors (Lipinski definition) is 8. The maximum absolute atomic E-state index is 12.0. The molecule has 4 aliphatic carbocycles. The molecule has 4 aliphatic rings. The third-order valence-electron chi connectivity index (χ3n) is 10.7. The van der Waals surface area contributed by atoms with Crippen molar-refractivity contribution in [3.8, 4) is 0 Å². The van der Waals surface area contributed by atoms with Gasteiger partial charge in [0.15, 0.2) is 0 Å². The summed E-state index contributed by atoms with van der Waals surface area (Å²) < 4.78 is 0. The smallest absolute Gasteiger partial charge is 0.258 e. The molecule has 4 fully saturated rings. The van der Waals surface area contributed by atoms with Crippen LogP contribution in [-0.4, -0.2) is 19.7 Å². The Hall–Kier alpha value is -5.52. The SMILES string of the molecule is O=[N+]([O-])c1cccc(C23CC4(c5cccc([N+](=O)[O-])c5)CC(c5cccc([N+](=O)[O-])c5)(C2)CC(c2cccc([N+](=O)[O-])c2)(C3)C4)c1. The molecule has 8 rings (SSSR count). The Bertz CT molecular complexity index is 1660. The minimum absolute atomic E-state index is 0.0635. The van der Waals surface area contributed by atoms with Gasteiger partial charge in [0.05, 0.1) is 19.7 Å². The van der Waals surface area contributed by atoms with E-state index in [1.807, 2.05) is 24.3 Å². The summed E-state index contributed by atoms with van der Waals surface area (Å²) in [5, 5.41) is 47.8. The van der Waals surface area contributed by atoms with Crippen molar-refractivity contribution in [2.24, 2.45) is 0 Å². The number of nitro groups is 4. The Morgan fingerprint density at radius 2 is 0.565 bits per heavy atom. The molecule has 0 N–H and O–H groups in total. The average Bonchev–Trinajstić information content (AvgIpc) is 3.04. The first-order valence-electron chi connectivity index (χ1n) is 14.9. The topological polar surface area (TPSA) is 173 Å². The zero-order chi connectivity index (χ0) is 32.5. The molecule has 232 valence electrons. The Labute approximate surface area is 262 Å². The highest BCUT2D eigenvalue weighted by molar-refractivity contribution is 5.54. The minimum Gasteiger partial charge on any atom is -0.258 e. The second kappa shape index (κ2) is 9.99. The molecule has 0 atom stereocenters. The molecule has 4 saturated carbocycles. The van der Waals surface area contributed by atoms with Crippen molar-refractivity contribution in [1.82, 2.24) is 0 Å². The lowest BCUT2D eigenvalue weighted by Crippen LogP contribution is -2.67. The number of rotatable bonds is 8. The van der Waals surface area contributed by atoms with E-state index in [0.29, 0.717) is 38.5 Å². The van der Waals surface area contributed by atoms with Crippen LogP contribution in [0.15, 0.2) is 97.1 Å². The van der Waals surface area contributed by atoms with Crippen LogP contribution in [0.3, 0.4) is 0 Å². The van der Waals surface area contributed by atoms with Crippen molar-refractivity contribution in [1.29, 1.82) is 0 Å². The van der Waals surface area contributed by atoms with E-state index in [4.69, 9.17) is 0 Å². The van der Waals surface area contributed by atoms with Gasteiger partial charge in [-0.05, 0) is 82.4 Å². The number of benzene rings is 4. The largest absolute Gasteiger partial charge is 0.269 e. The van der Waals surface area contributed by atoms with E-state index in [2.05, 4.69) is 0 Å². The van der Waals surface area contributed by atoms with Crippen LogP contribution >= 0.6 is 0 Å². The molecule has 0 amide bonds. The van der Waals surface area contributed by atoms with E-state index in [0.717, 1.165) is 22.3 Å². The van der Waals surface area contributed by atoms with Crippen molar-refractivity contribution in [3.63, 3.8) is 0 Å². The molecule has 4 aromatic carbocycles. The second-order valence-corrected chi connectivity index (χ2v) is 13.4. The summed E-state index contributed by atoms with van der Waals surface area (Å²) in [4.78, 5) is 46.1. The first kappa shape index (κ1) is 29.2. The molecule has 0 radical (unpaired) electrons. The maximum Gasteiger partial charge on any atom is 0.269 e. The summed E-state index contributed by atoms with van der Waals surface area (Å²) >= 11 is 0. The molecule has 0 heterocycles. The predicted molar refractivity (Wildman–Crippen MR) is 167 cm³/mol. The van der Waals surface area contributed by atoms with E-state index in [1.165, 1.54) is 24.3 Å². The van der Waals surface area contributed by atoms with Crippen LogP contribution in [0.4, 0.5) is 22.7 Å². The Kier molecular flexibility index (Phi) is 6.35. The Balaban J connectivity index is 1.55. The fraction of sp³-hybridized carbons (Fsp3) is 0.294. The van der Waals surface area contributed by atoms with E-state index in [1.54, 1.807) is 48.5 Å². The first-order valence-corrected chi connectivity index (χ1v) is 14.9. The lowest BCUT2D eigenvalue weighted by atomic mass is 9.32. The quantitative estimate of drug-likeness (QED) is 0.142. The minimum atomic E-state index is -0.694. The zero-order valence-corrected chi connectivity index (χ0v) is 24.5. The number of nitro benzene ring substituents is 4. The second-order valence-electron chi connectivity index (χ2n) is 13.4. The molecular weight excluding hydrogens is 592 g/mol. The predicted octanol–water partition coefficient (Wildman–Crippen LogP) is 7.75. The molecule has 12 heteroatoms. The summed E-state index contributed by atoms with van der Waals surface area (Å²) in [7, 11) is 0. The van der Waals surface area contributed by atoms with Crippen molar-refractivity contribution in [3.05, 3.63) is 160 Å². The van der Waals surface area contributed by atoms with Gasteiger partial charge in [-0.1, -0.05) is 48.5 Å². The highest BCUT2D eigenvalue weighted by Crippen LogP contribution is 2.75. The van der Waals surface area contributed by atoms with Gasteiger partial charge in [0.1, 0.15) is 0 Å². The van der Waals surface area contributed by atoms with E-state index < -0.39 is 41.4 Å². The molecule has 12 nitrogen and oxygen atoms in total. The summed E-state index contributed by atoms with van der Waals surface area (Å²) in [6, 6.07) is 26.3. The average molecular weight is 621 g/mol. The molecule has 0 spiro atoms. The summed E-state index contributed by atoms with van der Waals surface area (Å²) in [5.74, 6) is 0. The van der Waals surface area contributed by atoms with Gasteiger partial charge in [0, 0.05) is 48.5 Å². The van der Waals surface area contributed by atoms with Gasteiger partial charge in [-0.15, -0.1) is 0 Å². The van der Waals surface area contributed by atoms with Crippen LogP contribution in [0.5, 0.6) is 0 Å². The molecule has 4 bridgehead atoms. The van der Waals surface area contributed by atoms with Crippen molar-refractivity contribution in [2.45, 2.75) is 60.2 Å². The maximum atomic E-state index is 12.0. The van der Waals surface area contributed by atoms with E-state index in [-0.39, 0.29) is 22.7 Å².